The zero-order chi connectivity index (χ0) is 24.4. The van der Waals surface area contributed by atoms with Crippen LogP contribution in [-0.2, 0) is 20.9 Å². The van der Waals surface area contributed by atoms with Crippen molar-refractivity contribution in [2.45, 2.75) is 26.0 Å². The second-order valence-electron chi connectivity index (χ2n) is 7.86. The van der Waals surface area contributed by atoms with Crippen molar-refractivity contribution >= 4 is 23.3 Å². The smallest absolute Gasteiger partial charge is 0.251 e. The summed E-state index contributed by atoms with van der Waals surface area (Å²) in [5.41, 5.74) is 2.77. The van der Waals surface area contributed by atoms with E-state index in [-0.39, 0.29) is 24.6 Å². The molecule has 0 saturated carbocycles. The molecule has 3 aromatic rings. The minimum Gasteiger partial charge on any atom is -0.493 e. The molecule has 2 amide bonds. The molecule has 1 unspecified atom stereocenters. The van der Waals surface area contributed by atoms with E-state index in [0.29, 0.717) is 28.6 Å². The van der Waals surface area contributed by atoms with Gasteiger partial charge in [-0.25, -0.2) is 9.07 Å². The number of nitrogens with zero attached hydrogens (tertiary/aromatic N) is 2. The molecule has 0 aliphatic carbocycles. The van der Waals surface area contributed by atoms with Gasteiger partial charge in [0.05, 0.1) is 44.2 Å². The van der Waals surface area contributed by atoms with Crippen molar-refractivity contribution in [3.05, 3.63) is 53.5 Å². The Labute approximate surface area is 195 Å². The lowest BCUT2D eigenvalue weighted by molar-refractivity contribution is -0.123. The maximum atomic E-state index is 14.1. The summed E-state index contributed by atoms with van der Waals surface area (Å²) in [6, 6.07) is 8.98. The molecular weight excluding hydrogens is 443 g/mol. The largest absolute Gasteiger partial charge is 0.493 e. The molecule has 2 aromatic carbocycles. The number of halogens is 1. The Morgan fingerprint density at radius 1 is 1.15 bits per heavy atom. The fraction of sp³-hybridized carbons (Fsp3) is 0.292. The van der Waals surface area contributed by atoms with Gasteiger partial charge in [0.25, 0.3) is 5.91 Å². The highest BCUT2D eigenvalue weighted by Gasteiger charge is 2.37. The van der Waals surface area contributed by atoms with Crippen LogP contribution in [0.5, 0.6) is 11.5 Å². The number of rotatable bonds is 8. The van der Waals surface area contributed by atoms with Gasteiger partial charge in [-0.2, -0.15) is 5.10 Å². The van der Waals surface area contributed by atoms with Crippen molar-refractivity contribution in [2.75, 3.05) is 32.0 Å². The number of ether oxygens (including phenoxy) is 3. The average Bonchev–Trinajstić information content (AvgIpc) is 3.30. The van der Waals surface area contributed by atoms with Gasteiger partial charge in [-0.3, -0.25) is 9.59 Å². The SMILES string of the molecule is COCc1nn2c(c1-c1ccc(OC)c(OC)c1)NC(=O)C2CC(=O)Nc1ccc(C)cc1F. The molecule has 1 atom stereocenters. The molecule has 9 nitrogen and oxygen atoms in total. The third-order valence-electron chi connectivity index (χ3n) is 5.55. The van der Waals surface area contributed by atoms with E-state index in [1.807, 2.05) is 6.07 Å². The molecule has 0 fully saturated rings. The first kappa shape index (κ1) is 23.2. The van der Waals surface area contributed by atoms with Gasteiger partial charge in [-0.1, -0.05) is 12.1 Å². The van der Waals surface area contributed by atoms with Crippen molar-refractivity contribution in [1.82, 2.24) is 9.78 Å². The van der Waals surface area contributed by atoms with Crippen molar-refractivity contribution in [3.8, 4) is 22.6 Å². The van der Waals surface area contributed by atoms with E-state index < -0.39 is 17.8 Å². The van der Waals surface area contributed by atoms with Gasteiger partial charge in [0.15, 0.2) is 11.5 Å². The second kappa shape index (κ2) is 9.52. The van der Waals surface area contributed by atoms with E-state index in [0.717, 1.165) is 11.1 Å². The summed E-state index contributed by atoms with van der Waals surface area (Å²) < 4.78 is 31.6. The number of hydrogen-bond donors (Lipinski definition) is 2. The quantitative estimate of drug-likeness (QED) is 0.523. The lowest BCUT2D eigenvalue weighted by Crippen LogP contribution is -2.24. The molecule has 0 saturated heterocycles. The van der Waals surface area contributed by atoms with E-state index in [4.69, 9.17) is 14.2 Å². The number of amides is 2. The molecule has 1 aromatic heterocycles. The maximum Gasteiger partial charge on any atom is 0.251 e. The highest BCUT2D eigenvalue weighted by Crippen LogP contribution is 2.41. The van der Waals surface area contributed by atoms with Crippen LogP contribution in [0, 0.1) is 12.7 Å². The topological polar surface area (TPSA) is 104 Å². The second-order valence-corrected chi connectivity index (χ2v) is 7.86. The Hall–Kier alpha value is -3.92. The van der Waals surface area contributed by atoms with Crippen LogP contribution in [0.3, 0.4) is 0 Å². The Bertz CT molecular complexity index is 1260. The summed E-state index contributed by atoms with van der Waals surface area (Å²) in [4.78, 5) is 25.4. The van der Waals surface area contributed by atoms with Crippen LogP contribution in [0.1, 0.15) is 23.7 Å². The number of nitrogens with one attached hydrogen (secondary N) is 2. The van der Waals surface area contributed by atoms with E-state index in [2.05, 4.69) is 15.7 Å². The summed E-state index contributed by atoms with van der Waals surface area (Å²) >= 11 is 0. The summed E-state index contributed by atoms with van der Waals surface area (Å²) in [5, 5.41) is 9.92. The van der Waals surface area contributed by atoms with Crippen molar-refractivity contribution < 1.29 is 28.2 Å². The van der Waals surface area contributed by atoms with Crippen LogP contribution in [0.4, 0.5) is 15.9 Å². The lowest BCUT2D eigenvalue weighted by atomic mass is 10.0. The molecule has 1 aliphatic rings. The number of fused-ring (bicyclic) bond motifs is 1. The highest BCUT2D eigenvalue weighted by molar-refractivity contribution is 6.04. The summed E-state index contributed by atoms with van der Waals surface area (Å²) in [7, 11) is 4.62. The number of methoxy groups -OCH3 is 3. The third-order valence-corrected chi connectivity index (χ3v) is 5.55. The fourth-order valence-electron chi connectivity index (χ4n) is 3.95. The standard InChI is InChI=1S/C24H25FN4O5/c1-13-5-7-16(15(25)9-13)26-21(30)11-18-24(31)27-23-22(17(12-32-2)28-29(18)23)14-6-8-19(33-3)20(10-14)34-4/h5-10,18H,11-12H2,1-4H3,(H,26,30)(H,27,31). The van der Waals surface area contributed by atoms with Crippen LogP contribution < -0.4 is 20.1 Å². The minimum atomic E-state index is -0.895. The summed E-state index contributed by atoms with van der Waals surface area (Å²) in [6.07, 6.45) is -0.217. The van der Waals surface area contributed by atoms with Gasteiger partial charge in [0.2, 0.25) is 5.91 Å². The Morgan fingerprint density at radius 3 is 2.59 bits per heavy atom. The Balaban J connectivity index is 1.65. The molecule has 4 rings (SSSR count). The van der Waals surface area contributed by atoms with Crippen LogP contribution in [0.15, 0.2) is 36.4 Å². The van der Waals surface area contributed by atoms with Gasteiger partial charge in [-0.15, -0.1) is 0 Å². The highest BCUT2D eigenvalue weighted by atomic mass is 19.1. The molecule has 0 radical (unpaired) electrons. The third kappa shape index (κ3) is 4.32. The van der Waals surface area contributed by atoms with Gasteiger partial charge < -0.3 is 24.8 Å². The molecular formula is C24H25FN4O5. The average molecular weight is 468 g/mol. The molecule has 0 spiro atoms. The monoisotopic (exact) mass is 468 g/mol. The van der Waals surface area contributed by atoms with Gasteiger partial charge in [-0.05, 0) is 42.3 Å². The maximum absolute atomic E-state index is 14.1. The molecule has 1 aliphatic heterocycles. The zero-order valence-corrected chi connectivity index (χ0v) is 19.3. The minimum absolute atomic E-state index is 0.0563. The predicted molar refractivity (Wildman–Crippen MR) is 124 cm³/mol. The van der Waals surface area contributed by atoms with Gasteiger partial charge in [0, 0.05) is 7.11 Å². The van der Waals surface area contributed by atoms with Crippen LogP contribution in [-0.4, -0.2) is 42.9 Å². The first-order chi connectivity index (χ1) is 16.4. The summed E-state index contributed by atoms with van der Waals surface area (Å²) in [6.45, 7) is 1.94. The van der Waals surface area contributed by atoms with Gasteiger partial charge in [0.1, 0.15) is 17.7 Å². The molecule has 2 heterocycles. The molecule has 0 bridgehead atoms. The fourth-order valence-corrected chi connectivity index (χ4v) is 3.95. The Kier molecular flexibility index (Phi) is 6.51. The van der Waals surface area contributed by atoms with Crippen molar-refractivity contribution in [2.24, 2.45) is 0 Å². The number of anilines is 2. The Morgan fingerprint density at radius 2 is 1.91 bits per heavy atom. The first-order valence-corrected chi connectivity index (χ1v) is 10.6. The predicted octanol–water partition coefficient (Wildman–Crippen LogP) is 3.68. The molecule has 10 heteroatoms. The first-order valence-electron chi connectivity index (χ1n) is 10.6. The van der Waals surface area contributed by atoms with E-state index in [1.165, 1.54) is 23.9 Å². The number of hydrogen-bond acceptors (Lipinski definition) is 6. The van der Waals surface area contributed by atoms with E-state index in [9.17, 15) is 14.0 Å². The van der Waals surface area contributed by atoms with Crippen molar-refractivity contribution in [3.63, 3.8) is 0 Å². The molecule has 2 N–H and O–H groups in total. The number of carbonyl (C=O) groups is 2. The van der Waals surface area contributed by atoms with Gasteiger partial charge >= 0.3 is 0 Å². The molecule has 34 heavy (non-hydrogen) atoms. The number of carbonyl (C=O) groups excluding carboxylic acids is 2. The number of aryl methyl sites for hydroxylation is 1. The van der Waals surface area contributed by atoms with Crippen LogP contribution in [0.25, 0.3) is 11.1 Å². The zero-order valence-electron chi connectivity index (χ0n) is 19.3. The van der Waals surface area contributed by atoms with E-state index in [1.54, 1.807) is 39.3 Å². The number of benzene rings is 2. The van der Waals surface area contributed by atoms with Crippen molar-refractivity contribution in [1.29, 1.82) is 0 Å². The van der Waals surface area contributed by atoms with Crippen LogP contribution >= 0.6 is 0 Å². The molecule has 178 valence electrons. The number of aromatic nitrogens is 2. The van der Waals surface area contributed by atoms with Crippen LogP contribution in [0.2, 0.25) is 0 Å². The summed E-state index contributed by atoms with van der Waals surface area (Å²) in [5.74, 6) is 0.0969. The lowest BCUT2D eigenvalue weighted by Gasteiger charge is -2.11. The van der Waals surface area contributed by atoms with E-state index >= 15 is 0 Å². The normalized spacial score (nSPS) is 14.5.